The first-order chi connectivity index (χ1) is 13.8. The van der Waals surface area contributed by atoms with Crippen molar-refractivity contribution in [2.24, 2.45) is 5.92 Å². The van der Waals surface area contributed by atoms with Gasteiger partial charge in [0.05, 0.1) is 6.20 Å². The molecule has 1 aliphatic heterocycles. The number of nitrogens with zero attached hydrogens (tertiary/aromatic N) is 4. The quantitative estimate of drug-likeness (QED) is 0.701. The molecule has 5 nitrogen and oxygen atoms in total. The minimum atomic E-state index is -0.231. The molecule has 2 heterocycles. The summed E-state index contributed by atoms with van der Waals surface area (Å²) in [7, 11) is 0. The van der Waals surface area contributed by atoms with Crippen LogP contribution in [0.25, 0.3) is 0 Å². The molecule has 0 radical (unpaired) electrons. The van der Waals surface area contributed by atoms with Gasteiger partial charge in [-0.05, 0) is 48.4 Å². The monoisotopic (exact) mass is 377 g/mol. The van der Waals surface area contributed by atoms with Crippen LogP contribution in [0.2, 0.25) is 0 Å². The lowest BCUT2D eigenvalue weighted by molar-refractivity contribution is 0.400. The van der Waals surface area contributed by atoms with Crippen LogP contribution in [0.15, 0.2) is 60.8 Å². The number of benzene rings is 2. The number of anilines is 2. The van der Waals surface area contributed by atoms with Crippen molar-refractivity contribution in [1.29, 1.82) is 0 Å². The topological polar surface area (TPSA) is 53.9 Å². The van der Waals surface area contributed by atoms with Crippen LogP contribution in [0.3, 0.4) is 0 Å². The van der Waals surface area contributed by atoms with Gasteiger partial charge in [0.1, 0.15) is 5.82 Å². The van der Waals surface area contributed by atoms with E-state index in [-0.39, 0.29) is 5.82 Å². The van der Waals surface area contributed by atoms with Gasteiger partial charge in [-0.2, -0.15) is 10.1 Å². The van der Waals surface area contributed by atoms with E-state index >= 15 is 0 Å². The largest absolute Gasteiger partial charge is 0.365 e. The van der Waals surface area contributed by atoms with Crippen molar-refractivity contribution >= 4 is 11.8 Å². The molecule has 0 saturated carbocycles. The second kappa shape index (κ2) is 8.78. The van der Waals surface area contributed by atoms with Crippen molar-refractivity contribution in [3.63, 3.8) is 0 Å². The summed E-state index contributed by atoms with van der Waals surface area (Å²) in [6.45, 7) is 2.46. The van der Waals surface area contributed by atoms with E-state index in [9.17, 15) is 4.39 Å². The van der Waals surface area contributed by atoms with Gasteiger partial charge in [0, 0.05) is 19.6 Å². The average molecular weight is 377 g/mol. The van der Waals surface area contributed by atoms with Gasteiger partial charge >= 0.3 is 0 Å². The SMILES string of the molecule is Fc1ccc(CNc2cnnc(N3CCC(Cc4ccccc4)CC3)n2)cc1. The Morgan fingerprint density at radius 2 is 1.71 bits per heavy atom. The smallest absolute Gasteiger partial charge is 0.247 e. The molecule has 0 atom stereocenters. The fraction of sp³-hybridized carbons (Fsp3) is 0.318. The molecule has 1 aliphatic rings. The Morgan fingerprint density at radius 1 is 0.964 bits per heavy atom. The fourth-order valence-electron chi connectivity index (χ4n) is 3.59. The normalized spacial score (nSPS) is 14.8. The van der Waals surface area contributed by atoms with Crippen molar-refractivity contribution in [2.45, 2.75) is 25.8 Å². The molecule has 4 rings (SSSR count). The number of rotatable bonds is 6. The summed E-state index contributed by atoms with van der Waals surface area (Å²) < 4.78 is 13.0. The fourth-order valence-corrected chi connectivity index (χ4v) is 3.59. The maximum absolute atomic E-state index is 13.0. The molecule has 1 aromatic heterocycles. The highest BCUT2D eigenvalue weighted by Crippen LogP contribution is 2.24. The number of piperidine rings is 1. The lowest BCUT2D eigenvalue weighted by Crippen LogP contribution is -2.35. The number of hydrogen-bond acceptors (Lipinski definition) is 5. The van der Waals surface area contributed by atoms with Crippen molar-refractivity contribution in [1.82, 2.24) is 15.2 Å². The summed E-state index contributed by atoms with van der Waals surface area (Å²) in [5.74, 6) is 1.82. The predicted octanol–water partition coefficient (Wildman–Crippen LogP) is 4.08. The van der Waals surface area contributed by atoms with E-state index in [1.165, 1.54) is 17.7 Å². The maximum atomic E-state index is 13.0. The van der Waals surface area contributed by atoms with Crippen molar-refractivity contribution < 1.29 is 4.39 Å². The molecule has 6 heteroatoms. The third-order valence-corrected chi connectivity index (χ3v) is 5.20. The molecule has 3 aromatic rings. The molecular weight excluding hydrogens is 353 g/mol. The zero-order valence-electron chi connectivity index (χ0n) is 15.8. The summed E-state index contributed by atoms with van der Waals surface area (Å²) >= 11 is 0. The first kappa shape index (κ1) is 18.3. The molecule has 0 unspecified atom stereocenters. The van der Waals surface area contributed by atoms with Gasteiger partial charge in [-0.1, -0.05) is 42.5 Å². The average Bonchev–Trinajstić information content (AvgIpc) is 2.75. The van der Waals surface area contributed by atoms with Gasteiger partial charge in [0.2, 0.25) is 5.95 Å². The second-order valence-electron chi connectivity index (χ2n) is 7.24. The molecule has 0 aliphatic carbocycles. The zero-order valence-corrected chi connectivity index (χ0v) is 15.8. The molecule has 0 amide bonds. The Morgan fingerprint density at radius 3 is 2.46 bits per heavy atom. The van der Waals surface area contributed by atoms with Crippen LogP contribution < -0.4 is 10.2 Å². The third kappa shape index (κ3) is 4.82. The standard InChI is InChI=1S/C22H24FN5/c23-20-8-6-19(7-9-20)15-24-21-16-25-27-22(26-21)28-12-10-18(11-13-28)14-17-4-2-1-3-5-17/h1-9,16,18H,10-15H2,(H,24,26,27). The van der Waals surface area contributed by atoms with Crippen LogP contribution in [0.4, 0.5) is 16.2 Å². The van der Waals surface area contributed by atoms with E-state index in [0.29, 0.717) is 24.2 Å². The molecule has 144 valence electrons. The van der Waals surface area contributed by atoms with Gasteiger partial charge in [0.25, 0.3) is 0 Å². The number of aromatic nitrogens is 3. The van der Waals surface area contributed by atoms with E-state index in [2.05, 4.69) is 55.7 Å². The highest BCUT2D eigenvalue weighted by atomic mass is 19.1. The number of halogens is 1. The highest BCUT2D eigenvalue weighted by molar-refractivity contribution is 5.40. The molecular formula is C22H24FN5. The van der Waals surface area contributed by atoms with Gasteiger partial charge < -0.3 is 10.2 Å². The minimum absolute atomic E-state index is 0.231. The van der Waals surface area contributed by atoms with Crippen LogP contribution in [-0.4, -0.2) is 28.3 Å². The Balaban J connectivity index is 1.31. The molecule has 0 spiro atoms. The Bertz CT molecular complexity index is 877. The predicted molar refractivity (Wildman–Crippen MR) is 109 cm³/mol. The first-order valence-electron chi connectivity index (χ1n) is 9.73. The van der Waals surface area contributed by atoms with E-state index in [1.54, 1.807) is 18.3 Å². The molecule has 0 bridgehead atoms. The Hall–Kier alpha value is -3.02. The number of hydrogen-bond donors (Lipinski definition) is 1. The van der Waals surface area contributed by atoms with Crippen LogP contribution in [-0.2, 0) is 13.0 Å². The summed E-state index contributed by atoms with van der Waals surface area (Å²) in [5, 5.41) is 11.5. The van der Waals surface area contributed by atoms with Gasteiger partial charge in [-0.25, -0.2) is 4.39 Å². The maximum Gasteiger partial charge on any atom is 0.247 e. The number of nitrogens with one attached hydrogen (secondary N) is 1. The first-order valence-corrected chi connectivity index (χ1v) is 9.73. The lowest BCUT2D eigenvalue weighted by atomic mass is 9.90. The van der Waals surface area contributed by atoms with Crippen LogP contribution in [0.5, 0.6) is 0 Å². The zero-order chi connectivity index (χ0) is 19.2. The highest BCUT2D eigenvalue weighted by Gasteiger charge is 2.21. The minimum Gasteiger partial charge on any atom is -0.365 e. The van der Waals surface area contributed by atoms with Crippen LogP contribution >= 0.6 is 0 Å². The summed E-state index contributed by atoms with van der Waals surface area (Å²) in [5.41, 5.74) is 2.40. The van der Waals surface area contributed by atoms with Crippen molar-refractivity contribution in [3.05, 3.63) is 77.7 Å². The van der Waals surface area contributed by atoms with Crippen LogP contribution in [0, 0.1) is 11.7 Å². The Labute approximate surface area is 164 Å². The summed E-state index contributed by atoms with van der Waals surface area (Å²) in [4.78, 5) is 6.81. The van der Waals surface area contributed by atoms with Crippen molar-refractivity contribution in [3.8, 4) is 0 Å². The van der Waals surface area contributed by atoms with Crippen molar-refractivity contribution in [2.75, 3.05) is 23.3 Å². The van der Waals surface area contributed by atoms with E-state index in [4.69, 9.17) is 0 Å². The molecule has 1 fully saturated rings. The van der Waals surface area contributed by atoms with E-state index in [1.807, 2.05) is 0 Å². The van der Waals surface area contributed by atoms with E-state index < -0.39 is 0 Å². The van der Waals surface area contributed by atoms with Gasteiger partial charge in [0.15, 0.2) is 5.82 Å². The third-order valence-electron chi connectivity index (χ3n) is 5.20. The molecule has 28 heavy (non-hydrogen) atoms. The summed E-state index contributed by atoms with van der Waals surface area (Å²) in [6.07, 6.45) is 5.01. The molecule has 2 aromatic carbocycles. The molecule has 1 N–H and O–H groups in total. The van der Waals surface area contributed by atoms with Gasteiger partial charge in [-0.3, -0.25) is 0 Å². The Kier molecular flexibility index (Phi) is 5.75. The summed E-state index contributed by atoms with van der Waals surface area (Å²) in [6, 6.07) is 17.1. The second-order valence-corrected chi connectivity index (χ2v) is 7.24. The van der Waals surface area contributed by atoms with Gasteiger partial charge in [-0.15, -0.1) is 5.10 Å². The van der Waals surface area contributed by atoms with Crippen LogP contribution in [0.1, 0.15) is 24.0 Å². The lowest BCUT2D eigenvalue weighted by Gasteiger charge is -2.31. The van der Waals surface area contributed by atoms with E-state index in [0.717, 1.165) is 37.9 Å². The molecule has 1 saturated heterocycles.